The molecule has 3 amide bonds. The number of carbonyl (C=O) groups is 3. The largest absolute Gasteiger partial charge is 0.494 e. The Bertz CT molecular complexity index is 851. The first-order valence-electron chi connectivity index (χ1n) is 9.46. The van der Waals surface area contributed by atoms with Crippen LogP contribution in [-0.4, -0.2) is 50.3 Å². The highest BCUT2D eigenvalue weighted by atomic mass is 32.2. The van der Waals surface area contributed by atoms with Crippen LogP contribution >= 0.6 is 0 Å². The van der Waals surface area contributed by atoms with E-state index in [1.807, 2.05) is 6.92 Å². The van der Waals surface area contributed by atoms with E-state index in [0.717, 1.165) is 0 Å². The predicted octanol–water partition coefficient (Wildman–Crippen LogP) is 0.422. The molecular formula is C19H27N3O6S. The zero-order chi connectivity index (χ0) is 21.6. The maximum atomic E-state index is 12.5. The molecule has 2 atom stereocenters. The van der Waals surface area contributed by atoms with Crippen molar-refractivity contribution in [1.29, 1.82) is 0 Å². The minimum absolute atomic E-state index is 0.0359. The number of ether oxygens (including phenoxy) is 1. The highest BCUT2D eigenvalue weighted by molar-refractivity contribution is 7.91. The molecule has 1 aromatic rings. The van der Waals surface area contributed by atoms with Gasteiger partial charge in [0, 0.05) is 5.56 Å². The summed E-state index contributed by atoms with van der Waals surface area (Å²) in [5, 5.41) is 2.65. The molecule has 0 unspecified atom stereocenters. The van der Waals surface area contributed by atoms with Crippen LogP contribution in [0.25, 0.3) is 0 Å². The quantitative estimate of drug-likeness (QED) is 0.543. The number of carbonyl (C=O) groups excluding carboxylic acids is 3. The number of hydrogen-bond donors (Lipinski definition) is 3. The first-order chi connectivity index (χ1) is 13.6. The maximum absolute atomic E-state index is 12.5. The number of sulfone groups is 1. The number of hydrazine groups is 1. The van der Waals surface area contributed by atoms with E-state index in [4.69, 9.17) is 4.74 Å². The molecule has 0 saturated carbocycles. The average molecular weight is 426 g/mol. The zero-order valence-corrected chi connectivity index (χ0v) is 17.5. The molecule has 1 aliphatic heterocycles. The molecule has 1 fully saturated rings. The van der Waals surface area contributed by atoms with Gasteiger partial charge in [-0.25, -0.2) is 8.42 Å². The number of benzene rings is 1. The molecular weight excluding hydrogens is 398 g/mol. The van der Waals surface area contributed by atoms with Crippen molar-refractivity contribution in [2.75, 3.05) is 18.1 Å². The minimum Gasteiger partial charge on any atom is -0.494 e. The average Bonchev–Trinajstić information content (AvgIpc) is 3.04. The molecule has 10 heteroatoms. The monoisotopic (exact) mass is 425 g/mol. The summed E-state index contributed by atoms with van der Waals surface area (Å²) < 4.78 is 28.3. The molecule has 0 spiro atoms. The highest BCUT2D eigenvalue weighted by Crippen LogP contribution is 2.18. The first-order valence-corrected chi connectivity index (χ1v) is 11.3. The normalized spacial score (nSPS) is 18.7. The summed E-state index contributed by atoms with van der Waals surface area (Å²) in [6.45, 7) is 5.89. The Morgan fingerprint density at radius 1 is 1.14 bits per heavy atom. The van der Waals surface area contributed by atoms with E-state index in [2.05, 4.69) is 16.2 Å². The Hall–Kier alpha value is -2.62. The predicted molar refractivity (Wildman–Crippen MR) is 107 cm³/mol. The van der Waals surface area contributed by atoms with Crippen LogP contribution in [0.2, 0.25) is 0 Å². The Morgan fingerprint density at radius 3 is 2.31 bits per heavy atom. The fraction of sp³-hybridized carbons (Fsp3) is 0.526. The highest BCUT2D eigenvalue weighted by Gasteiger charge is 2.33. The zero-order valence-electron chi connectivity index (χ0n) is 16.7. The lowest BCUT2D eigenvalue weighted by Gasteiger charge is -2.22. The lowest BCUT2D eigenvalue weighted by molar-refractivity contribution is -0.132. The molecule has 1 aromatic carbocycles. The second-order valence-electron chi connectivity index (χ2n) is 7.23. The van der Waals surface area contributed by atoms with Gasteiger partial charge in [0.2, 0.25) is 5.91 Å². The number of nitrogens with one attached hydrogen (secondary N) is 3. The smallest absolute Gasteiger partial charge is 0.261 e. The van der Waals surface area contributed by atoms with Crippen LogP contribution in [0, 0.1) is 11.8 Å². The summed E-state index contributed by atoms with van der Waals surface area (Å²) in [5.74, 6) is -2.13. The molecule has 0 radical (unpaired) electrons. The number of hydrogen-bond acceptors (Lipinski definition) is 6. The van der Waals surface area contributed by atoms with Crippen LogP contribution in [0.5, 0.6) is 5.75 Å². The molecule has 0 bridgehead atoms. The Kier molecular flexibility index (Phi) is 7.60. The molecule has 9 nitrogen and oxygen atoms in total. The third-order valence-corrected chi connectivity index (χ3v) is 6.34. The van der Waals surface area contributed by atoms with Gasteiger partial charge in [-0.05, 0) is 43.5 Å². The van der Waals surface area contributed by atoms with Crippen molar-refractivity contribution in [3.63, 3.8) is 0 Å². The van der Waals surface area contributed by atoms with Gasteiger partial charge in [0.1, 0.15) is 11.8 Å². The van der Waals surface area contributed by atoms with Crippen LogP contribution in [0.4, 0.5) is 0 Å². The lowest BCUT2D eigenvalue weighted by Crippen LogP contribution is -2.55. The van der Waals surface area contributed by atoms with E-state index < -0.39 is 39.5 Å². The molecule has 2 rings (SSSR count). The van der Waals surface area contributed by atoms with E-state index in [1.165, 1.54) is 0 Å². The van der Waals surface area contributed by atoms with Crippen molar-refractivity contribution in [3.05, 3.63) is 29.8 Å². The SMILES string of the molecule is CCOc1ccc(C(=O)N[C@H](C(=O)NNC(=O)[C@H]2CCS(=O)(=O)C2)C(C)C)cc1. The standard InChI is InChI=1S/C19H27N3O6S/c1-4-28-15-7-5-13(6-8-15)17(23)20-16(12(2)3)19(25)22-21-18(24)14-9-10-29(26,27)11-14/h5-8,12,14,16H,4,9-11H2,1-3H3,(H,20,23)(H,21,24)(H,22,25)/t14-,16-/m0/s1. The van der Waals surface area contributed by atoms with Crippen LogP contribution in [0.1, 0.15) is 37.6 Å². The molecule has 29 heavy (non-hydrogen) atoms. The van der Waals surface area contributed by atoms with Crippen molar-refractivity contribution < 1.29 is 27.5 Å². The fourth-order valence-electron chi connectivity index (χ4n) is 2.93. The van der Waals surface area contributed by atoms with Gasteiger partial charge < -0.3 is 10.1 Å². The summed E-state index contributed by atoms with van der Waals surface area (Å²) in [7, 11) is -3.20. The van der Waals surface area contributed by atoms with Crippen LogP contribution in [0.15, 0.2) is 24.3 Å². The van der Waals surface area contributed by atoms with Crippen molar-refractivity contribution >= 4 is 27.6 Å². The van der Waals surface area contributed by atoms with Crippen LogP contribution in [-0.2, 0) is 19.4 Å². The molecule has 3 N–H and O–H groups in total. The molecule has 1 saturated heterocycles. The first kappa shape index (κ1) is 22.7. The van der Waals surface area contributed by atoms with Crippen molar-refractivity contribution in [1.82, 2.24) is 16.2 Å². The molecule has 0 aliphatic carbocycles. The van der Waals surface area contributed by atoms with Gasteiger partial charge in [0.05, 0.1) is 24.0 Å². The second kappa shape index (κ2) is 9.73. The summed E-state index contributed by atoms with van der Waals surface area (Å²) in [5.41, 5.74) is 4.91. The van der Waals surface area contributed by atoms with Crippen LogP contribution < -0.4 is 20.9 Å². The molecule has 0 aromatic heterocycles. The van der Waals surface area contributed by atoms with Gasteiger partial charge in [-0.1, -0.05) is 13.8 Å². The fourth-order valence-corrected chi connectivity index (χ4v) is 4.67. The Labute approximate surface area is 170 Å². The third-order valence-electron chi connectivity index (χ3n) is 4.58. The number of amides is 3. The Balaban J connectivity index is 1.93. The van der Waals surface area contributed by atoms with Crippen molar-refractivity contribution in [2.45, 2.75) is 33.2 Å². The molecule has 160 valence electrons. The maximum Gasteiger partial charge on any atom is 0.261 e. The minimum atomic E-state index is -3.20. The van der Waals surface area contributed by atoms with Gasteiger partial charge in [-0.2, -0.15) is 0 Å². The van der Waals surface area contributed by atoms with E-state index >= 15 is 0 Å². The third kappa shape index (κ3) is 6.45. The van der Waals surface area contributed by atoms with E-state index in [9.17, 15) is 22.8 Å². The van der Waals surface area contributed by atoms with Gasteiger partial charge in [0.15, 0.2) is 9.84 Å². The van der Waals surface area contributed by atoms with Crippen molar-refractivity contribution in [3.8, 4) is 5.75 Å². The summed E-state index contributed by atoms with van der Waals surface area (Å²) >= 11 is 0. The lowest BCUT2D eigenvalue weighted by atomic mass is 10.0. The van der Waals surface area contributed by atoms with Gasteiger partial charge in [0.25, 0.3) is 11.8 Å². The molecule has 1 aliphatic rings. The van der Waals surface area contributed by atoms with Crippen LogP contribution in [0.3, 0.4) is 0 Å². The summed E-state index contributed by atoms with van der Waals surface area (Å²) in [4.78, 5) is 37.0. The van der Waals surface area contributed by atoms with Gasteiger partial charge in [-0.15, -0.1) is 0 Å². The van der Waals surface area contributed by atoms with E-state index in [-0.39, 0.29) is 23.8 Å². The summed E-state index contributed by atoms with van der Waals surface area (Å²) in [6, 6.07) is 5.63. The van der Waals surface area contributed by atoms with Gasteiger partial charge >= 0.3 is 0 Å². The van der Waals surface area contributed by atoms with Gasteiger partial charge in [-0.3, -0.25) is 25.2 Å². The second-order valence-corrected chi connectivity index (χ2v) is 9.46. The summed E-state index contributed by atoms with van der Waals surface area (Å²) in [6.07, 6.45) is 0.228. The van der Waals surface area contributed by atoms with E-state index in [0.29, 0.717) is 17.9 Å². The van der Waals surface area contributed by atoms with E-state index in [1.54, 1.807) is 38.1 Å². The molecule has 1 heterocycles. The Morgan fingerprint density at radius 2 is 1.79 bits per heavy atom. The topological polar surface area (TPSA) is 131 Å². The number of rotatable bonds is 7. The van der Waals surface area contributed by atoms with Crippen molar-refractivity contribution in [2.24, 2.45) is 11.8 Å².